The Morgan fingerprint density at radius 2 is 1.83 bits per heavy atom. The van der Waals surface area contributed by atoms with E-state index in [1.165, 1.54) is 6.33 Å². The average Bonchev–Trinajstić information content (AvgIpc) is 2.75. The zero-order valence-electron chi connectivity index (χ0n) is 16.3. The van der Waals surface area contributed by atoms with Crippen molar-refractivity contribution in [3.8, 4) is 0 Å². The predicted molar refractivity (Wildman–Crippen MR) is 116 cm³/mol. The fraction of sp³-hybridized carbons (Fsp3) is 0.130. The summed E-state index contributed by atoms with van der Waals surface area (Å²) in [6.45, 7) is 4.05. The van der Waals surface area contributed by atoms with E-state index in [0.29, 0.717) is 11.5 Å². The van der Waals surface area contributed by atoms with Gasteiger partial charge >= 0.3 is 0 Å². The van der Waals surface area contributed by atoms with Gasteiger partial charge in [0.25, 0.3) is 5.91 Å². The van der Waals surface area contributed by atoms with E-state index in [9.17, 15) is 4.79 Å². The average molecular weight is 383 g/mol. The summed E-state index contributed by atoms with van der Waals surface area (Å²) in [6.07, 6.45) is 3.97. The summed E-state index contributed by atoms with van der Waals surface area (Å²) in [7, 11) is 0. The number of pyridine rings is 1. The van der Waals surface area contributed by atoms with E-state index in [2.05, 4.69) is 32.5 Å². The van der Waals surface area contributed by atoms with Gasteiger partial charge in [0.15, 0.2) is 0 Å². The molecule has 0 radical (unpaired) electrons. The molecule has 0 spiro atoms. The number of aromatic nitrogens is 3. The number of nitrogens with one attached hydrogen (secondary N) is 2. The first-order chi connectivity index (χ1) is 14.2. The van der Waals surface area contributed by atoms with Crippen molar-refractivity contribution in [3.63, 3.8) is 0 Å². The van der Waals surface area contributed by atoms with Crippen LogP contribution in [0, 0.1) is 6.92 Å². The van der Waals surface area contributed by atoms with E-state index in [1.54, 1.807) is 12.3 Å². The Labute approximate surface area is 169 Å². The van der Waals surface area contributed by atoms with E-state index < -0.39 is 0 Å². The maximum Gasteiger partial charge on any atom is 0.274 e. The molecule has 2 aromatic carbocycles. The molecule has 0 saturated carbocycles. The summed E-state index contributed by atoms with van der Waals surface area (Å²) in [5, 5.41) is 7.27. The van der Waals surface area contributed by atoms with Gasteiger partial charge in [-0.05, 0) is 36.6 Å². The summed E-state index contributed by atoms with van der Waals surface area (Å²) >= 11 is 0. The lowest BCUT2D eigenvalue weighted by molar-refractivity contribution is 0.102. The second kappa shape index (κ2) is 8.06. The Bertz CT molecular complexity index is 1180. The number of carbonyl (C=O) groups is 1. The highest BCUT2D eigenvalue weighted by molar-refractivity contribution is 6.04. The second-order valence-corrected chi connectivity index (χ2v) is 6.71. The van der Waals surface area contributed by atoms with E-state index in [1.807, 2.05) is 55.5 Å². The van der Waals surface area contributed by atoms with Gasteiger partial charge < -0.3 is 10.6 Å². The van der Waals surface area contributed by atoms with E-state index in [0.717, 1.165) is 39.8 Å². The van der Waals surface area contributed by atoms with Gasteiger partial charge in [-0.15, -0.1) is 0 Å². The van der Waals surface area contributed by atoms with Crippen molar-refractivity contribution in [3.05, 3.63) is 83.9 Å². The van der Waals surface area contributed by atoms with Crippen molar-refractivity contribution >= 4 is 34.0 Å². The molecule has 4 aromatic rings. The minimum Gasteiger partial charge on any atom is -0.338 e. The van der Waals surface area contributed by atoms with Crippen LogP contribution in [0.1, 0.15) is 28.5 Å². The molecule has 2 aromatic heterocycles. The zero-order valence-corrected chi connectivity index (χ0v) is 16.3. The number of hydrogen-bond donors (Lipinski definition) is 2. The summed E-state index contributed by atoms with van der Waals surface area (Å²) in [5.41, 5.74) is 4.90. The van der Waals surface area contributed by atoms with Gasteiger partial charge in [-0.1, -0.05) is 43.3 Å². The third kappa shape index (κ3) is 3.91. The number of amides is 1. The third-order valence-electron chi connectivity index (χ3n) is 4.77. The number of para-hydroxylation sites is 2. The van der Waals surface area contributed by atoms with Crippen molar-refractivity contribution in [1.29, 1.82) is 0 Å². The molecular weight excluding hydrogens is 362 g/mol. The van der Waals surface area contributed by atoms with Crippen molar-refractivity contribution in [2.45, 2.75) is 20.3 Å². The smallest absolute Gasteiger partial charge is 0.274 e. The topological polar surface area (TPSA) is 79.8 Å². The molecule has 1 amide bonds. The van der Waals surface area contributed by atoms with E-state index in [-0.39, 0.29) is 5.91 Å². The maximum atomic E-state index is 12.8. The quantitative estimate of drug-likeness (QED) is 0.513. The Balaban J connectivity index is 1.60. The zero-order chi connectivity index (χ0) is 20.2. The van der Waals surface area contributed by atoms with Crippen LogP contribution in [0.15, 0.2) is 67.1 Å². The van der Waals surface area contributed by atoms with Gasteiger partial charge in [0.2, 0.25) is 0 Å². The standard InChI is InChI=1S/C23H21N5O/c1-3-16-8-4-7-15(2)21(16)28-23(29)19-13-20(26-14-25-19)27-18-11-5-9-17-10-6-12-24-22(17)18/h4-14H,3H2,1-2H3,(H,28,29)(H,25,26,27). The molecule has 0 aliphatic heterocycles. The first-order valence-electron chi connectivity index (χ1n) is 9.48. The van der Waals surface area contributed by atoms with Crippen molar-refractivity contribution in [2.75, 3.05) is 10.6 Å². The van der Waals surface area contributed by atoms with Gasteiger partial charge in [0, 0.05) is 23.3 Å². The molecule has 2 N–H and O–H groups in total. The molecule has 0 fully saturated rings. The van der Waals surface area contributed by atoms with Crippen LogP contribution in [0.2, 0.25) is 0 Å². The van der Waals surface area contributed by atoms with Crippen LogP contribution in [-0.4, -0.2) is 20.9 Å². The summed E-state index contributed by atoms with van der Waals surface area (Å²) < 4.78 is 0. The molecule has 0 aliphatic carbocycles. The molecule has 0 bridgehead atoms. The number of fused-ring (bicyclic) bond motifs is 1. The molecule has 4 rings (SSSR count). The molecule has 6 nitrogen and oxygen atoms in total. The van der Waals surface area contributed by atoms with E-state index in [4.69, 9.17) is 0 Å². The van der Waals surface area contributed by atoms with Gasteiger partial charge in [-0.2, -0.15) is 0 Å². The Morgan fingerprint density at radius 3 is 2.69 bits per heavy atom. The number of aryl methyl sites for hydroxylation is 2. The van der Waals surface area contributed by atoms with Crippen LogP contribution in [0.5, 0.6) is 0 Å². The molecule has 144 valence electrons. The van der Waals surface area contributed by atoms with Gasteiger partial charge in [0.1, 0.15) is 17.8 Å². The molecule has 0 atom stereocenters. The molecule has 0 aliphatic rings. The van der Waals surface area contributed by atoms with E-state index >= 15 is 0 Å². The first kappa shape index (κ1) is 18.6. The van der Waals surface area contributed by atoms with Crippen LogP contribution in [0.25, 0.3) is 10.9 Å². The first-order valence-corrected chi connectivity index (χ1v) is 9.48. The number of benzene rings is 2. The molecule has 6 heteroatoms. The van der Waals surface area contributed by atoms with Crippen molar-refractivity contribution < 1.29 is 4.79 Å². The normalized spacial score (nSPS) is 10.7. The molecule has 29 heavy (non-hydrogen) atoms. The Morgan fingerprint density at radius 1 is 1.00 bits per heavy atom. The van der Waals surface area contributed by atoms with Crippen molar-refractivity contribution in [2.24, 2.45) is 0 Å². The number of carbonyl (C=O) groups excluding carboxylic acids is 1. The minimum absolute atomic E-state index is 0.268. The van der Waals surface area contributed by atoms with Crippen LogP contribution in [0.3, 0.4) is 0 Å². The third-order valence-corrected chi connectivity index (χ3v) is 4.77. The number of hydrogen-bond acceptors (Lipinski definition) is 5. The summed E-state index contributed by atoms with van der Waals surface area (Å²) in [6, 6.07) is 17.4. The van der Waals surface area contributed by atoms with Crippen LogP contribution < -0.4 is 10.6 Å². The van der Waals surface area contributed by atoms with Crippen LogP contribution >= 0.6 is 0 Å². The molecule has 2 heterocycles. The molecule has 0 unspecified atom stereocenters. The summed E-state index contributed by atoms with van der Waals surface area (Å²) in [4.78, 5) is 25.6. The Kier molecular flexibility index (Phi) is 5.16. The lowest BCUT2D eigenvalue weighted by atomic mass is 10.1. The lowest BCUT2D eigenvalue weighted by Gasteiger charge is -2.13. The number of anilines is 3. The lowest BCUT2D eigenvalue weighted by Crippen LogP contribution is -2.16. The highest BCUT2D eigenvalue weighted by Gasteiger charge is 2.13. The van der Waals surface area contributed by atoms with Crippen LogP contribution in [-0.2, 0) is 6.42 Å². The van der Waals surface area contributed by atoms with Crippen LogP contribution in [0.4, 0.5) is 17.2 Å². The highest BCUT2D eigenvalue weighted by Crippen LogP contribution is 2.25. The monoisotopic (exact) mass is 383 g/mol. The van der Waals surface area contributed by atoms with Gasteiger partial charge in [-0.3, -0.25) is 9.78 Å². The molecular formula is C23H21N5O. The fourth-order valence-electron chi connectivity index (χ4n) is 3.27. The number of nitrogens with zero attached hydrogens (tertiary/aromatic N) is 3. The Hall–Kier alpha value is -3.80. The fourth-order valence-corrected chi connectivity index (χ4v) is 3.27. The SMILES string of the molecule is CCc1cccc(C)c1NC(=O)c1cc(Nc2cccc3cccnc23)ncn1. The summed E-state index contributed by atoms with van der Waals surface area (Å²) in [5.74, 6) is 0.263. The number of rotatable bonds is 5. The van der Waals surface area contributed by atoms with Gasteiger partial charge in [-0.25, -0.2) is 9.97 Å². The highest BCUT2D eigenvalue weighted by atomic mass is 16.1. The second-order valence-electron chi connectivity index (χ2n) is 6.71. The minimum atomic E-state index is -0.268. The largest absolute Gasteiger partial charge is 0.338 e. The predicted octanol–water partition coefficient (Wildman–Crippen LogP) is 4.89. The maximum absolute atomic E-state index is 12.8. The van der Waals surface area contributed by atoms with Gasteiger partial charge in [0.05, 0.1) is 11.2 Å². The molecule has 0 saturated heterocycles. The van der Waals surface area contributed by atoms with Crippen molar-refractivity contribution in [1.82, 2.24) is 15.0 Å².